The summed E-state index contributed by atoms with van der Waals surface area (Å²) in [7, 11) is -3.83. The monoisotopic (exact) mass is 435 g/mol. The number of carbonyl (C=O) groups is 1. The molecule has 3 rings (SSSR count). The maximum absolute atomic E-state index is 12.8. The smallest absolute Gasteiger partial charge is 0.270 e. The van der Waals surface area contributed by atoms with Crippen molar-refractivity contribution in [3.8, 4) is 0 Å². The number of sulfonamides is 1. The molecule has 2 aromatic carbocycles. The quantitative estimate of drug-likeness (QED) is 0.376. The van der Waals surface area contributed by atoms with Crippen LogP contribution in [0.5, 0.6) is 0 Å². The molecule has 0 atom stereocenters. The van der Waals surface area contributed by atoms with Gasteiger partial charge in [0.15, 0.2) is 0 Å². The molecule has 1 saturated heterocycles. The summed E-state index contributed by atoms with van der Waals surface area (Å²) in [6.07, 6.45) is 0.386. The Labute approximate surface area is 173 Å². The average molecular weight is 436 g/mol. The van der Waals surface area contributed by atoms with Gasteiger partial charge in [-0.25, -0.2) is 8.42 Å². The molecule has 1 fully saturated rings. The number of nitro groups is 1. The fourth-order valence-corrected chi connectivity index (χ4v) is 5.34. The summed E-state index contributed by atoms with van der Waals surface area (Å²) in [6, 6.07) is 14.8. The summed E-state index contributed by atoms with van der Waals surface area (Å²) in [6.45, 7) is 0.956. The van der Waals surface area contributed by atoms with Crippen molar-refractivity contribution in [3.05, 3.63) is 64.7 Å². The van der Waals surface area contributed by atoms with E-state index in [2.05, 4.69) is 0 Å². The Morgan fingerprint density at radius 2 is 1.72 bits per heavy atom. The van der Waals surface area contributed by atoms with Gasteiger partial charge in [-0.05, 0) is 18.2 Å². The summed E-state index contributed by atoms with van der Waals surface area (Å²) >= 11 is 1.61. The van der Waals surface area contributed by atoms with Crippen LogP contribution in [0.15, 0.2) is 64.4 Å². The lowest BCUT2D eigenvalue weighted by Gasteiger charge is -2.34. The molecule has 0 aliphatic carbocycles. The second-order valence-electron chi connectivity index (χ2n) is 6.45. The molecular formula is C19H21N3O5S2. The van der Waals surface area contributed by atoms with Crippen LogP contribution in [0.2, 0.25) is 0 Å². The van der Waals surface area contributed by atoms with Crippen molar-refractivity contribution in [2.45, 2.75) is 16.2 Å². The number of hydrogen-bond donors (Lipinski definition) is 0. The first kappa shape index (κ1) is 21.3. The van der Waals surface area contributed by atoms with E-state index in [1.165, 1.54) is 22.5 Å². The van der Waals surface area contributed by atoms with Crippen molar-refractivity contribution in [1.82, 2.24) is 9.21 Å². The number of carbonyl (C=O) groups excluding carboxylic acids is 1. The number of amides is 1. The van der Waals surface area contributed by atoms with Crippen molar-refractivity contribution in [3.63, 3.8) is 0 Å². The zero-order chi connectivity index (χ0) is 20.9. The van der Waals surface area contributed by atoms with Gasteiger partial charge < -0.3 is 4.90 Å². The second-order valence-corrected chi connectivity index (χ2v) is 9.56. The molecule has 1 amide bonds. The zero-order valence-corrected chi connectivity index (χ0v) is 17.3. The SMILES string of the molecule is O=C(CCSc1ccccc1)N1CCN(S(=O)(=O)c2cccc([N+](=O)[O-])c2)CC1. The molecule has 1 heterocycles. The third-order valence-electron chi connectivity index (χ3n) is 4.59. The van der Waals surface area contributed by atoms with Crippen LogP contribution < -0.4 is 0 Å². The van der Waals surface area contributed by atoms with Crippen LogP contribution in [0.25, 0.3) is 0 Å². The highest BCUT2D eigenvalue weighted by molar-refractivity contribution is 7.99. The van der Waals surface area contributed by atoms with E-state index in [9.17, 15) is 23.3 Å². The largest absolute Gasteiger partial charge is 0.340 e. The summed E-state index contributed by atoms with van der Waals surface area (Å²) in [5.41, 5.74) is -0.268. The lowest BCUT2D eigenvalue weighted by molar-refractivity contribution is -0.385. The molecule has 0 unspecified atom stereocenters. The molecule has 10 heteroatoms. The molecule has 8 nitrogen and oxygen atoms in total. The Hall–Kier alpha value is -2.43. The Balaban J connectivity index is 1.53. The molecule has 154 valence electrons. The highest BCUT2D eigenvalue weighted by Crippen LogP contribution is 2.23. The highest BCUT2D eigenvalue weighted by Gasteiger charge is 2.30. The predicted molar refractivity (Wildman–Crippen MR) is 110 cm³/mol. The van der Waals surface area contributed by atoms with E-state index in [4.69, 9.17) is 0 Å². The first-order chi connectivity index (χ1) is 13.9. The predicted octanol–water partition coefficient (Wildman–Crippen LogP) is 2.61. The van der Waals surface area contributed by atoms with Crippen molar-refractivity contribution in [2.75, 3.05) is 31.9 Å². The molecule has 1 aliphatic rings. The van der Waals surface area contributed by atoms with Crippen LogP contribution in [-0.4, -0.2) is 60.4 Å². The van der Waals surface area contributed by atoms with Crippen molar-refractivity contribution in [2.24, 2.45) is 0 Å². The molecule has 29 heavy (non-hydrogen) atoms. The number of piperazine rings is 1. The third-order valence-corrected chi connectivity index (χ3v) is 7.49. The Kier molecular flexibility index (Phi) is 6.88. The maximum atomic E-state index is 12.8. The van der Waals surface area contributed by atoms with Crippen LogP contribution in [0, 0.1) is 10.1 Å². The first-order valence-electron chi connectivity index (χ1n) is 9.08. The van der Waals surface area contributed by atoms with Gasteiger partial charge in [0.1, 0.15) is 0 Å². The van der Waals surface area contributed by atoms with Gasteiger partial charge in [-0.1, -0.05) is 24.3 Å². The molecule has 0 bridgehead atoms. The van der Waals surface area contributed by atoms with E-state index in [1.807, 2.05) is 30.3 Å². The van der Waals surface area contributed by atoms with Crippen LogP contribution in [0.4, 0.5) is 5.69 Å². The van der Waals surface area contributed by atoms with Crippen LogP contribution >= 0.6 is 11.8 Å². The Bertz CT molecular complexity index is 974. The van der Waals surface area contributed by atoms with Crippen LogP contribution in [0.3, 0.4) is 0 Å². The van der Waals surface area contributed by atoms with Gasteiger partial charge in [-0.2, -0.15) is 4.31 Å². The zero-order valence-electron chi connectivity index (χ0n) is 15.6. The number of rotatable bonds is 7. The summed E-state index contributed by atoms with van der Waals surface area (Å²) in [4.78, 5) is 25.4. The minimum Gasteiger partial charge on any atom is -0.340 e. The van der Waals surface area contributed by atoms with E-state index < -0.39 is 14.9 Å². The molecule has 0 aromatic heterocycles. The number of thioether (sulfide) groups is 1. The topological polar surface area (TPSA) is 101 Å². The standard InChI is InChI=1S/C19H21N3O5S2/c23-19(9-14-28-17-6-2-1-3-7-17)20-10-12-21(13-11-20)29(26,27)18-8-4-5-16(15-18)22(24)25/h1-8,15H,9-14H2. The maximum Gasteiger partial charge on any atom is 0.270 e. The van der Waals surface area contributed by atoms with Gasteiger partial charge in [-0.3, -0.25) is 14.9 Å². The number of benzene rings is 2. The number of non-ortho nitro benzene ring substituents is 1. The molecule has 0 radical (unpaired) electrons. The van der Waals surface area contributed by atoms with E-state index in [-0.39, 0.29) is 29.6 Å². The fourth-order valence-electron chi connectivity index (χ4n) is 3.02. The van der Waals surface area contributed by atoms with Gasteiger partial charge in [0, 0.05) is 55.4 Å². The van der Waals surface area contributed by atoms with Gasteiger partial charge in [0.05, 0.1) is 9.82 Å². The normalized spacial score (nSPS) is 15.2. The molecule has 0 saturated carbocycles. The van der Waals surface area contributed by atoms with Gasteiger partial charge >= 0.3 is 0 Å². The minimum atomic E-state index is -3.83. The van der Waals surface area contributed by atoms with E-state index in [0.717, 1.165) is 11.0 Å². The summed E-state index contributed by atoms with van der Waals surface area (Å²) < 4.78 is 26.8. The summed E-state index contributed by atoms with van der Waals surface area (Å²) in [5.74, 6) is 0.663. The lowest BCUT2D eigenvalue weighted by Crippen LogP contribution is -2.50. The van der Waals surface area contributed by atoms with E-state index >= 15 is 0 Å². The number of hydrogen-bond acceptors (Lipinski definition) is 6. The van der Waals surface area contributed by atoms with E-state index in [1.54, 1.807) is 16.7 Å². The highest BCUT2D eigenvalue weighted by atomic mass is 32.2. The van der Waals surface area contributed by atoms with Crippen molar-refractivity contribution >= 4 is 33.4 Å². The van der Waals surface area contributed by atoms with Crippen LogP contribution in [0.1, 0.15) is 6.42 Å². The number of nitro benzene ring substituents is 1. The molecule has 0 N–H and O–H groups in total. The average Bonchev–Trinajstić information content (AvgIpc) is 2.74. The molecule has 0 spiro atoms. The Morgan fingerprint density at radius 1 is 1.03 bits per heavy atom. The van der Waals surface area contributed by atoms with Crippen molar-refractivity contribution < 1.29 is 18.1 Å². The molecule has 1 aliphatic heterocycles. The minimum absolute atomic E-state index is 0.000767. The summed E-state index contributed by atoms with van der Waals surface area (Å²) in [5, 5.41) is 10.9. The third kappa shape index (κ3) is 5.34. The molecular weight excluding hydrogens is 414 g/mol. The lowest BCUT2D eigenvalue weighted by atomic mass is 10.3. The first-order valence-corrected chi connectivity index (χ1v) is 11.5. The van der Waals surface area contributed by atoms with Gasteiger partial charge in [-0.15, -0.1) is 11.8 Å². The van der Waals surface area contributed by atoms with Gasteiger partial charge in [0.25, 0.3) is 5.69 Å². The number of nitrogens with zero attached hydrogens (tertiary/aromatic N) is 3. The van der Waals surface area contributed by atoms with Crippen molar-refractivity contribution in [1.29, 1.82) is 0 Å². The van der Waals surface area contributed by atoms with Gasteiger partial charge in [0.2, 0.25) is 15.9 Å². The molecule has 2 aromatic rings. The van der Waals surface area contributed by atoms with E-state index in [0.29, 0.717) is 25.3 Å². The second kappa shape index (κ2) is 9.38. The Morgan fingerprint density at radius 3 is 2.38 bits per heavy atom. The fraction of sp³-hybridized carbons (Fsp3) is 0.316. The van der Waals surface area contributed by atoms with Crippen LogP contribution in [-0.2, 0) is 14.8 Å².